The van der Waals surface area contributed by atoms with Gasteiger partial charge in [0.1, 0.15) is 12.2 Å². The average molecular weight is 349 g/mol. The molecular formula is C18H27N3O4. The number of amides is 2. The number of carbonyl (C=O) groups is 2. The molecule has 0 bridgehead atoms. The standard InChI is InChI=1S/C18H27N3O4/c1-14(2)25-16-5-3-15(4-6-16)20-18(23)13-17(22)19-7-8-21-9-11-24-12-10-21/h3-6,14H,7-13H2,1-2H3,(H,19,22)(H,20,23). The van der Waals surface area contributed by atoms with Crippen LogP contribution in [0, 0.1) is 0 Å². The summed E-state index contributed by atoms with van der Waals surface area (Å²) in [7, 11) is 0. The predicted molar refractivity (Wildman–Crippen MR) is 95.7 cm³/mol. The van der Waals surface area contributed by atoms with E-state index in [1.165, 1.54) is 0 Å². The van der Waals surface area contributed by atoms with E-state index in [0.29, 0.717) is 12.2 Å². The Kier molecular flexibility index (Phi) is 7.69. The Balaban J connectivity index is 1.65. The summed E-state index contributed by atoms with van der Waals surface area (Å²) in [5.41, 5.74) is 0.641. The second kappa shape index (κ2) is 10.0. The minimum Gasteiger partial charge on any atom is -0.491 e. The Morgan fingerprint density at radius 3 is 2.48 bits per heavy atom. The van der Waals surface area contributed by atoms with Crippen molar-refractivity contribution in [1.29, 1.82) is 0 Å². The minimum absolute atomic E-state index is 0.0987. The van der Waals surface area contributed by atoms with E-state index in [4.69, 9.17) is 9.47 Å². The Bertz CT molecular complexity index is 554. The number of hydrogen-bond acceptors (Lipinski definition) is 5. The van der Waals surface area contributed by atoms with Crippen molar-refractivity contribution >= 4 is 17.5 Å². The van der Waals surface area contributed by atoms with Gasteiger partial charge in [0.25, 0.3) is 0 Å². The number of benzene rings is 1. The van der Waals surface area contributed by atoms with Gasteiger partial charge in [-0.15, -0.1) is 0 Å². The summed E-state index contributed by atoms with van der Waals surface area (Å²) in [4.78, 5) is 26.0. The van der Waals surface area contributed by atoms with E-state index in [9.17, 15) is 9.59 Å². The fourth-order valence-corrected chi connectivity index (χ4v) is 2.48. The monoisotopic (exact) mass is 349 g/mol. The van der Waals surface area contributed by atoms with Gasteiger partial charge in [0, 0.05) is 31.9 Å². The quantitative estimate of drug-likeness (QED) is 0.691. The number of morpholine rings is 1. The third-order valence-corrected chi connectivity index (χ3v) is 3.68. The Hall–Kier alpha value is -2.12. The number of ether oxygens (including phenoxy) is 2. The van der Waals surface area contributed by atoms with Crippen molar-refractivity contribution in [1.82, 2.24) is 10.2 Å². The van der Waals surface area contributed by atoms with Gasteiger partial charge in [0.2, 0.25) is 11.8 Å². The molecular weight excluding hydrogens is 322 g/mol. The van der Waals surface area contributed by atoms with Gasteiger partial charge in [-0.05, 0) is 38.1 Å². The lowest BCUT2D eigenvalue weighted by atomic mass is 10.3. The van der Waals surface area contributed by atoms with Gasteiger partial charge in [-0.2, -0.15) is 0 Å². The lowest BCUT2D eigenvalue weighted by Gasteiger charge is -2.26. The fraction of sp³-hybridized carbons (Fsp3) is 0.556. The maximum Gasteiger partial charge on any atom is 0.233 e. The highest BCUT2D eigenvalue weighted by atomic mass is 16.5. The molecule has 1 fully saturated rings. The maximum atomic E-state index is 11.9. The lowest BCUT2D eigenvalue weighted by molar-refractivity contribution is -0.126. The zero-order valence-corrected chi connectivity index (χ0v) is 14.9. The van der Waals surface area contributed by atoms with E-state index in [0.717, 1.165) is 38.6 Å². The van der Waals surface area contributed by atoms with Crippen molar-refractivity contribution in [3.05, 3.63) is 24.3 Å². The molecule has 138 valence electrons. The van der Waals surface area contributed by atoms with Gasteiger partial charge in [0.15, 0.2) is 0 Å². The summed E-state index contributed by atoms with van der Waals surface area (Å²) in [6.45, 7) is 8.44. The number of nitrogens with zero attached hydrogens (tertiary/aromatic N) is 1. The third kappa shape index (κ3) is 7.53. The highest BCUT2D eigenvalue weighted by molar-refractivity contribution is 6.03. The van der Waals surface area contributed by atoms with Gasteiger partial charge in [-0.25, -0.2) is 0 Å². The van der Waals surface area contributed by atoms with Gasteiger partial charge >= 0.3 is 0 Å². The second-order valence-electron chi connectivity index (χ2n) is 6.22. The number of carbonyl (C=O) groups excluding carboxylic acids is 2. The molecule has 0 saturated carbocycles. The van der Waals surface area contributed by atoms with Crippen LogP contribution in [0.1, 0.15) is 20.3 Å². The molecule has 1 aliphatic heterocycles. The van der Waals surface area contributed by atoms with E-state index >= 15 is 0 Å². The van der Waals surface area contributed by atoms with Crippen LogP contribution < -0.4 is 15.4 Å². The summed E-state index contributed by atoms with van der Waals surface area (Å²) < 4.78 is 10.8. The summed E-state index contributed by atoms with van der Waals surface area (Å²) in [6.07, 6.45) is -0.0884. The molecule has 0 atom stereocenters. The Morgan fingerprint density at radius 2 is 1.84 bits per heavy atom. The van der Waals surface area contributed by atoms with Gasteiger partial charge in [-0.3, -0.25) is 14.5 Å². The van der Waals surface area contributed by atoms with Gasteiger partial charge in [-0.1, -0.05) is 0 Å². The normalized spacial score (nSPS) is 15.0. The van der Waals surface area contributed by atoms with E-state index in [2.05, 4.69) is 15.5 Å². The SMILES string of the molecule is CC(C)Oc1ccc(NC(=O)CC(=O)NCCN2CCOCC2)cc1. The first-order chi connectivity index (χ1) is 12.0. The molecule has 2 rings (SSSR count). The van der Waals surface area contributed by atoms with Crippen LogP contribution in [0.5, 0.6) is 5.75 Å². The van der Waals surface area contributed by atoms with Crippen molar-refractivity contribution in [3.63, 3.8) is 0 Å². The molecule has 0 aliphatic carbocycles. The molecule has 0 spiro atoms. The summed E-state index contributed by atoms with van der Waals surface area (Å²) in [5.74, 6) is 0.140. The van der Waals surface area contributed by atoms with Crippen LogP contribution in [0.3, 0.4) is 0 Å². The summed E-state index contributed by atoms with van der Waals surface area (Å²) in [5, 5.41) is 5.49. The van der Waals surface area contributed by atoms with E-state index in [1.807, 2.05) is 13.8 Å². The topological polar surface area (TPSA) is 79.9 Å². The minimum atomic E-state index is -0.332. The molecule has 0 unspecified atom stereocenters. The summed E-state index contributed by atoms with van der Waals surface area (Å²) in [6, 6.07) is 7.09. The summed E-state index contributed by atoms with van der Waals surface area (Å²) >= 11 is 0. The highest BCUT2D eigenvalue weighted by Gasteiger charge is 2.12. The predicted octanol–water partition coefficient (Wildman–Crippen LogP) is 1.25. The number of hydrogen-bond donors (Lipinski definition) is 2. The van der Waals surface area contributed by atoms with Crippen molar-refractivity contribution in [2.24, 2.45) is 0 Å². The smallest absolute Gasteiger partial charge is 0.233 e. The van der Waals surface area contributed by atoms with Crippen molar-refractivity contribution in [2.75, 3.05) is 44.7 Å². The number of anilines is 1. The van der Waals surface area contributed by atoms with Crippen LogP contribution in [0.4, 0.5) is 5.69 Å². The van der Waals surface area contributed by atoms with Crippen LogP contribution in [-0.2, 0) is 14.3 Å². The molecule has 7 nitrogen and oxygen atoms in total. The van der Waals surface area contributed by atoms with Crippen LogP contribution >= 0.6 is 0 Å². The van der Waals surface area contributed by atoms with Crippen molar-refractivity contribution in [3.8, 4) is 5.75 Å². The Morgan fingerprint density at radius 1 is 1.16 bits per heavy atom. The zero-order chi connectivity index (χ0) is 18.1. The molecule has 0 aromatic heterocycles. The molecule has 1 aliphatic rings. The second-order valence-corrected chi connectivity index (χ2v) is 6.22. The van der Waals surface area contributed by atoms with Crippen LogP contribution in [-0.4, -0.2) is 62.2 Å². The van der Waals surface area contributed by atoms with E-state index in [-0.39, 0.29) is 24.3 Å². The molecule has 2 amide bonds. The lowest BCUT2D eigenvalue weighted by Crippen LogP contribution is -2.41. The highest BCUT2D eigenvalue weighted by Crippen LogP contribution is 2.17. The van der Waals surface area contributed by atoms with Crippen LogP contribution in [0.25, 0.3) is 0 Å². The molecule has 1 aromatic rings. The first-order valence-corrected chi connectivity index (χ1v) is 8.66. The molecule has 2 N–H and O–H groups in total. The molecule has 7 heteroatoms. The molecule has 0 radical (unpaired) electrons. The van der Waals surface area contributed by atoms with Crippen LogP contribution in [0.2, 0.25) is 0 Å². The number of rotatable bonds is 8. The first-order valence-electron chi connectivity index (χ1n) is 8.66. The number of nitrogens with one attached hydrogen (secondary N) is 2. The maximum absolute atomic E-state index is 11.9. The van der Waals surface area contributed by atoms with Crippen LogP contribution in [0.15, 0.2) is 24.3 Å². The molecule has 1 heterocycles. The molecule has 1 saturated heterocycles. The third-order valence-electron chi connectivity index (χ3n) is 3.68. The van der Waals surface area contributed by atoms with Crippen molar-refractivity contribution < 1.29 is 19.1 Å². The van der Waals surface area contributed by atoms with E-state index < -0.39 is 0 Å². The largest absolute Gasteiger partial charge is 0.491 e. The zero-order valence-electron chi connectivity index (χ0n) is 14.9. The average Bonchev–Trinajstić information content (AvgIpc) is 2.57. The first kappa shape index (κ1) is 19.2. The molecule has 25 heavy (non-hydrogen) atoms. The van der Waals surface area contributed by atoms with Gasteiger partial charge < -0.3 is 20.1 Å². The van der Waals surface area contributed by atoms with Crippen molar-refractivity contribution in [2.45, 2.75) is 26.4 Å². The fourth-order valence-electron chi connectivity index (χ4n) is 2.48. The molecule has 1 aromatic carbocycles. The Labute approximate surface area is 148 Å². The van der Waals surface area contributed by atoms with Gasteiger partial charge in [0.05, 0.1) is 19.3 Å². The van der Waals surface area contributed by atoms with E-state index in [1.54, 1.807) is 24.3 Å².